The van der Waals surface area contributed by atoms with E-state index in [1.807, 2.05) is 0 Å². The number of hydrogen-bond acceptors (Lipinski definition) is 4. The van der Waals surface area contributed by atoms with Crippen LogP contribution in [0.25, 0.3) is 0 Å². The highest BCUT2D eigenvalue weighted by atomic mass is 16.6. The van der Waals surface area contributed by atoms with Crippen LogP contribution in [0.4, 0.5) is 0 Å². The lowest BCUT2D eigenvalue weighted by Gasteiger charge is -2.17. The number of esters is 1. The number of ether oxygens (including phenoxy) is 2. The Morgan fingerprint density at radius 1 is 1.44 bits per heavy atom. The number of aliphatic hydroxyl groups excluding tert-OH is 1. The third-order valence-electron chi connectivity index (χ3n) is 2.64. The molecule has 1 rings (SSSR count). The van der Waals surface area contributed by atoms with E-state index in [-0.39, 0.29) is 12.6 Å². The highest BCUT2D eigenvalue weighted by molar-refractivity contribution is 5.74. The van der Waals surface area contributed by atoms with E-state index in [4.69, 9.17) is 14.6 Å². The molecule has 0 fully saturated rings. The Morgan fingerprint density at radius 3 is 2.83 bits per heavy atom. The standard InChI is InChI=1S/C14H20O4/c1-3-4-8-13(14(16)17-2)18-12-7-5-6-11(9-12)10-15/h5-7,9,13,15H,3-4,8,10H2,1-2H3. The second-order valence-corrected chi connectivity index (χ2v) is 4.08. The van der Waals surface area contributed by atoms with Crippen molar-refractivity contribution in [3.8, 4) is 5.75 Å². The van der Waals surface area contributed by atoms with Crippen molar-refractivity contribution in [3.63, 3.8) is 0 Å². The molecule has 0 spiro atoms. The number of aliphatic hydroxyl groups is 1. The van der Waals surface area contributed by atoms with Crippen LogP contribution in [0.15, 0.2) is 24.3 Å². The van der Waals surface area contributed by atoms with Crippen LogP contribution in [0.3, 0.4) is 0 Å². The molecule has 100 valence electrons. The van der Waals surface area contributed by atoms with Gasteiger partial charge in [0.2, 0.25) is 0 Å². The molecule has 0 saturated heterocycles. The Labute approximate surface area is 108 Å². The summed E-state index contributed by atoms with van der Waals surface area (Å²) in [5.41, 5.74) is 0.756. The lowest BCUT2D eigenvalue weighted by molar-refractivity contribution is -0.149. The Balaban J connectivity index is 2.71. The maximum atomic E-state index is 11.6. The van der Waals surface area contributed by atoms with Crippen LogP contribution in [0.2, 0.25) is 0 Å². The molecule has 0 radical (unpaired) electrons. The third kappa shape index (κ3) is 4.37. The van der Waals surface area contributed by atoms with Gasteiger partial charge in [0.05, 0.1) is 13.7 Å². The zero-order valence-corrected chi connectivity index (χ0v) is 10.9. The van der Waals surface area contributed by atoms with E-state index in [1.54, 1.807) is 24.3 Å². The molecule has 4 nitrogen and oxygen atoms in total. The molecule has 1 N–H and O–H groups in total. The lowest BCUT2D eigenvalue weighted by atomic mass is 10.1. The summed E-state index contributed by atoms with van der Waals surface area (Å²) < 4.78 is 10.4. The van der Waals surface area contributed by atoms with Crippen molar-refractivity contribution in [2.24, 2.45) is 0 Å². The monoisotopic (exact) mass is 252 g/mol. The van der Waals surface area contributed by atoms with Crippen LogP contribution < -0.4 is 4.74 Å². The van der Waals surface area contributed by atoms with E-state index in [1.165, 1.54) is 7.11 Å². The average Bonchev–Trinajstić information content (AvgIpc) is 2.42. The summed E-state index contributed by atoms with van der Waals surface area (Å²) in [4.78, 5) is 11.6. The molecular formula is C14H20O4. The van der Waals surface area contributed by atoms with Gasteiger partial charge in [-0.2, -0.15) is 0 Å². The molecule has 0 aromatic heterocycles. The fourth-order valence-electron chi connectivity index (χ4n) is 1.63. The van der Waals surface area contributed by atoms with E-state index in [9.17, 15) is 4.79 Å². The summed E-state index contributed by atoms with van der Waals surface area (Å²) in [6.07, 6.45) is 1.95. The van der Waals surface area contributed by atoms with Gasteiger partial charge >= 0.3 is 5.97 Å². The second-order valence-electron chi connectivity index (χ2n) is 4.08. The Kier molecular flexibility index (Phi) is 6.22. The largest absolute Gasteiger partial charge is 0.479 e. The van der Waals surface area contributed by atoms with Gasteiger partial charge < -0.3 is 14.6 Å². The fraction of sp³-hybridized carbons (Fsp3) is 0.500. The normalized spacial score (nSPS) is 11.9. The SMILES string of the molecule is CCCCC(Oc1cccc(CO)c1)C(=O)OC. The summed E-state index contributed by atoms with van der Waals surface area (Å²) >= 11 is 0. The minimum absolute atomic E-state index is 0.0466. The zero-order chi connectivity index (χ0) is 13.4. The van der Waals surface area contributed by atoms with Gasteiger partial charge in [-0.25, -0.2) is 4.79 Å². The number of hydrogen-bond donors (Lipinski definition) is 1. The first kappa shape index (κ1) is 14.5. The molecule has 1 unspecified atom stereocenters. The van der Waals surface area contributed by atoms with Crippen LogP contribution in [-0.4, -0.2) is 24.3 Å². The van der Waals surface area contributed by atoms with Crippen molar-refractivity contribution in [2.45, 2.75) is 38.9 Å². The van der Waals surface area contributed by atoms with E-state index in [0.717, 1.165) is 18.4 Å². The second kappa shape index (κ2) is 7.71. The molecule has 0 amide bonds. The molecule has 0 heterocycles. The van der Waals surface area contributed by atoms with E-state index < -0.39 is 6.10 Å². The molecule has 1 aromatic carbocycles. The highest BCUT2D eigenvalue weighted by Gasteiger charge is 2.20. The summed E-state index contributed by atoms with van der Waals surface area (Å²) in [5.74, 6) is 0.214. The van der Waals surface area contributed by atoms with Gasteiger partial charge in [0.15, 0.2) is 6.10 Å². The van der Waals surface area contributed by atoms with E-state index in [0.29, 0.717) is 12.2 Å². The van der Waals surface area contributed by atoms with Crippen molar-refractivity contribution in [2.75, 3.05) is 7.11 Å². The van der Waals surface area contributed by atoms with E-state index >= 15 is 0 Å². The van der Waals surface area contributed by atoms with Gasteiger partial charge in [-0.1, -0.05) is 25.5 Å². The molecule has 0 saturated carbocycles. The van der Waals surface area contributed by atoms with Crippen molar-refractivity contribution in [1.82, 2.24) is 0 Å². The predicted molar refractivity (Wildman–Crippen MR) is 68.3 cm³/mol. The lowest BCUT2D eigenvalue weighted by Crippen LogP contribution is -2.28. The molecular weight excluding hydrogens is 232 g/mol. The predicted octanol–water partition coefficient (Wildman–Crippen LogP) is 2.29. The van der Waals surface area contributed by atoms with Gasteiger partial charge in [-0.15, -0.1) is 0 Å². The topological polar surface area (TPSA) is 55.8 Å². The molecule has 0 bridgehead atoms. The number of methoxy groups -OCH3 is 1. The van der Waals surface area contributed by atoms with Gasteiger partial charge in [0.1, 0.15) is 5.75 Å². The van der Waals surface area contributed by atoms with Crippen molar-refractivity contribution in [1.29, 1.82) is 0 Å². The number of carbonyl (C=O) groups excluding carboxylic acids is 1. The van der Waals surface area contributed by atoms with Crippen molar-refractivity contribution in [3.05, 3.63) is 29.8 Å². The maximum Gasteiger partial charge on any atom is 0.347 e. The van der Waals surface area contributed by atoms with Crippen molar-refractivity contribution >= 4 is 5.97 Å². The quantitative estimate of drug-likeness (QED) is 0.756. The van der Waals surface area contributed by atoms with Gasteiger partial charge in [-0.05, 0) is 30.5 Å². The van der Waals surface area contributed by atoms with Crippen LogP contribution in [-0.2, 0) is 16.1 Å². The average molecular weight is 252 g/mol. The molecule has 0 aliphatic carbocycles. The summed E-state index contributed by atoms with van der Waals surface area (Å²) in [6.45, 7) is 2.01. The smallest absolute Gasteiger partial charge is 0.347 e. The summed E-state index contributed by atoms with van der Waals surface area (Å²) in [5, 5.41) is 9.05. The van der Waals surface area contributed by atoms with Gasteiger partial charge in [0.25, 0.3) is 0 Å². The Hall–Kier alpha value is -1.55. The molecule has 1 atom stereocenters. The van der Waals surface area contributed by atoms with Gasteiger partial charge in [-0.3, -0.25) is 0 Å². The van der Waals surface area contributed by atoms with Crippen molar-refractivity contribution < 1.29 is 19.4 Å². The molecule has 0 aliphatic rings. The first-order valence-electron chi connectivity index (χ1n) is 6.15. The van der Waals surface area contributed by atoms with Crippen LogP contribution in [0.1, 0.15) is 31.7 Å². The van der Waals surface area contributed by atoms with E-state index in [2.05, 4.69) is 6.92 Å². The van der Waals surface area contributed by atoms with Gasteiger partial charge in [0, 0.05) is 0 Å². The Bertz CT molecular complexity index is 376. The third-order valence-corrected chi connectivity index (χ3v) is 2.64. The first-order valence-corrected chi connectivity index (χ1v) is 6.15. The van der Waals surface area contributed by atoms with Crippen LogP contribution >= 0.6 is 0 Å². The summed E-state index contributed by atoms with van der Waals surface area (Å²) in [6, 6.07) is 7.07. The fourth-order valence-corrected chi connectivity index (χ4v) is 1.63. The Morgan fingerprint density at radius 2 is 2.22 bits per heavy atom. The number of rotatable bonds is 7. The minimum atomic E-state index is -0.580. The maximum absolute atomic E-state index is 11.6. The number of carbonyl (C=O) groups is 1. The molecule has 18 heavy (non-hydrogen) atoms. The zero-order valence-electron chi connectivity index (χ0n) is 10.9. The molecule has 1 aromatic rings. The summed E-state index contributed by atoms with van der Waals surface area (Å²) in [7, 11) is 1.36. The first-order chi connectivity index (χ1) is 8.71. The minimum Gasteiger partial charge on any atom is -0.479 e. The molecule has 4 heteroatoms. The number of benzene rings is 1. The van der Waals surface area contributed by atoms with Crippen LogP contribution in [0, 0.1) is 0 Å². The highest BCUT2D eigenvalue weighted by Crippen LogP contribution is 2.17. The number of unbranched alkanes of at least 4 members (excludes halogenated alkanes) is 1. The molecule has 0 aliphatic heterocycles. The van der Waals surface area contributed by atoms with Crippen LogP contribution in [0.5, 0.6) is 5.75 Å².